The standard InChI is InChI=1S/C24H24FN7O/c1-14(2)10-31(13-16-12-30-7-5-4-6-21(30)28-16)24(33)17-8-20-19(9-18(17)25)29-22(26)23-27-15(3)11-32(20)23/h4-9,11-12,14H,10,13H2,1-3H3,(H2,26,29). The number of nitrogen functional groups attached to an aromatic ring is 1. The monoisotopic (exact) mass is 445 g/mol. The molecule has 0 saturated carbocycles. The highest BCUT2D eigenvalue weighted by atomic mass is 19.1. The fourth-order valence-electron chi connectivity index (χ4n) is 4.13. The summed E-state index contributed by atoms with van der Waals surface area (Å²) in [6.07, 6.45) is 5.59. The fourth-order valence-corrected chi connectivity index (χ4v) is 4.13. The van der Waals surface area contributed by atoms with E-state index in [1.54, 1.807) is 15.5 Å². The summed E-state index contributed by atoms with van der Waals surface area (Å²) in [5, 5.41) is 0. The molecular weight excluding hydrogens is 421 g/mol. The van der Waals surface area contributed by atoms with Gasteiger partial charge in [-0.1, -0.05) is 19.9 Å². The van der Waals surface area contributed by atoms with Crippen molar-refractivity contribution in [2.75, 3.05) is 12.3 Å². The smallest absolute Gasteiger partial charge is 0.257 e. The van der Waals surface area contributed by atoms with Crippen LogP contribution in [0.5, 0.6) is 0 Å². The maximum atomic E-state index is 15.1. The number of rotatable bonds is 5. The highest BCUT2D eigenvalue weighted by Crippen LogP contribution is 2.24. The quantitative estimate of drug-likeness (QED) is 0.443. The number of fused-ring (bicyclic) bond motifs is 4. The van der Waals surface area contributed by atoms with Crippen LogP contribution in [-0.2, 0) is 6.54 Å². The number of aromatic nitrogens is 5. The minimum atomic E-state index is -0.639. The summed E-state index contributed by atoms with van der Waals surface area (Å²) >= 11 is 0. The Morgan fingerprint density at radius 1 is 1.18 bits per heavy atom. The number of benzene rings is 1. The normalized spacial score (nSPS) is 11.8. The Labute approximate surface area is 189 Å². The number of hydrogen-bond acceptors (Lipinski definition) is 5. The summed E-state index contributed by atoms with van der Waals surface area (Å²) in [7, 11) is 0. The molecule has 0 aliphatic carbocycles. The van der Waals surface area contributed by atoms with Crippen LogP contribution in [0, 0.1) is 18.7 Å². The molecule has 1 amide bonds. The van der Waals surface area contributed by atoms with Crippen LogP contribution in [-0.4, -0.2) is 41.1 Å². The number of aryl methyl sites for hydroxylation is 1. The lowest BCUT2D eigenvalue weighted by molar-refractivity contribution is 0.0716. The maximum Gasteiger partial charge on any atom is 0.257 e. The molecule has 33 heavy (non-hydrogen) atoms. The lowest BCUT2D eigenvalue weighted by Gasteiger charge is -2.24. The third kappa shape index (κ3) is 3.75. The first kappa shape index (κ1) is 20.9. The maximum absolute atomic E-state index is 15.1. The lowest BCUT2D eigenvalue weighted by Crippen LogP contribution is -2.34. The molecule has 0 bridgehead atoms. The van der Waals surface area contributed by atoms with E-state index in [-0.39, 0.29) is 23.8 Å². The van der Waals surface area contributed by atoms with Crippen LogP contribution in [0.4, 0.5) is 10.2 Å². The van der Waals surface area contributed by atoms with Crippen LogP contribution in [0.25, 0.3) is 22.3 Å². The Morgan fingerprint density at radius 3 is 2.76 bits per heavy atom. The number of imidazole rings is 2. The zero-order valence-electron chi connectivity index (χ0n) is 18.7. The highest BCUT2D eigenvalue weighted by molar-refractivity contribution is 5.98. The van der Waals surface area contributed by atoms with Gasteiger partial charge in [0.05, 0.1) is 34.5 Å². The Hall–Kier alpha value is -4.01. The van der Waals surface area contributed by atoms with Gasteiger partial charge in [-0.3, -0.25) is 9.20 Å². The molecule has 5 rings (SSSR count). The van der Waals surface area contributed by atoms with E-state index in [1.807, 2.05) is 55.8 Å². The van der Waals surface area contributed by atoms with E-state index >= 15 is 4.39 Å². The summed E-state index contributed by atoms with van der Waals surface area (Å²) in [6.45, 7) is 6.61. The molecule has 0 fully saturated rings. The molecule has 0 spiro atoms. The first-order chi connectivity index (χ1) is 15.8. The van der Waals surface area contributed by atoms with E-state index < -0.39 is 11.7 Å². The van der Waals surface area contributed by atoms with Crippen LogP contribution < -0.4 is 5.73 Å². The first-order valence-electron chi connectivity index (χ1n) is 10.8. The van der Waals surface area contributed by atoms with Gasteiger partial charge in [0.15, 0.2) is 11.5 Å². The number of carbonyl (C=O) groups excluding carboxylic acids is 1. The van der Waals surface area contributed by atoms with Crippen molar-refractivity contribution in [1.82, 2.24) is 28.7 Å². The van der Waals surface area contributed by atoms with Crippen LogP contribution in [0.15, 0.2) is 48.9 Å². The number of nitrogens with zero attached hydrogens (tertiary/aromatic N) is 6. The number of anilines is 1. The van der Waals surface area contributed by atoms with Crippen molar-refractivity contribution >= 4 is 34.1 Å². The second-order valence-electron chi connectivity index (χ2n) is 8.67. The van der Waals surface area contributed by atoms with E-state index in [0.717, 1.165) is 17.0 Å². The second-order valence-corrected chi connectivity index (χ2v) is 8.67. The van der Waals surface area contributed by atoms with Gasteiger partial charge in [0.25, 0.3) is 5.91 Å². The molecule has 8 nitrogen and oxygen atoms in total. The number of hydrogen-bond donors (Lipinski definition) is 1. The molecule has 4 heterocycles. The van der Waals surface area contributed by atoms with Crippen LogP contribution >= 0.6 is 0 Å². The van der Waals surface area contributed by atoms with Crippen LogP contribution in [0.1, 0.15) is 35.6 Å². The number of amides is 1. The Kier molecular flexibility index (Phi) is 4.96. The van der Waals surface area contributed by atoms with Gasteiger partial charge in [0.1, 0.15) is 11.5 Å². The van der Waals surface area contributed by atoms with Crippen molar-refractivity contribution < 1.29 is 9.18 Å². The first-order valence-corrected chi connectivity index (χ1v) is 10.8. The molecule has 2 N–H and O–H groups in total. The summed E-state index contributed by atoms with van der Waals surface area (Å²) < 4.78 is 18.8. The zero-order chi connectivity index (χ0) is 23.3. The molecular formula is C24H24FN7O. The molecule has 1 aromatic carbocycles. The van der Waals surface area contributed by atoms with Gasteiger partial charge in [-0.2, -0.15) is 0 Å². The van der Waals surface area contributed by atoms with E-state index in [9.17, 15) is 4.79 Å². The minimum absolute atomic E-state index is 0.0221. The molecule has 0 unspecified atom stereocenters. The topological polar surface area (TPSA) is 93.8 Å². The predicted octanol–water partition coefficient (Wildman–Crippen LogP) is 3.86. The Balaban J connectivity index is 1.58. The van der Waals surface area contributed by atoms with E-state index in [2.05, 4.69) is 15.0 Å². The zero-order valence-corrected chi connectivity index (χ0v) is 18.7. The van der Waals surface area contributed by atoms with Gasteiger partial charge in [-0.25, -0.2) is 19.3 Å². The molecule has 0 radical (unpaired) electrons. The molecule has 5 aromatic rings. The average molecular weight is 446 g/mol. The van der Waals surface area contributed by atoms with E-state index in [1.165, 1.54) is 12.1 Å². The van der Waals surface area contributed by atoms with Crippen molar-refractivity contribution in [2.45, 2.75) is 27.3 Å². The summed E-state index contributed by atoms with van der Waals surface area (Å²) in [6, 6.07) is 8.52. The molecule has 4 aromatic heterocycles. The minimum Gasteiger partial charge on any atom is -0.381 e. The van der Waals surface area contributed by atoms with Crippen molar-refractivity contribution in [2.24, 2.45) is 5.92 Å². The van der Waals surface area contributed by atoms with Gasteiger partial charge < -0.3 is 15.0 Å². The van der Waals surface area contributed by atoms with Gasteiger partial charge in [0.2, 0.25) is 0 Å². The van der Waals surface area contributed by atoms with Gasteiger partial charge >= 0.3 is 0 Å². The van der Waals surface area contributed by atoms with Crippen LogP contribution in [0.3, 0.4) is 0 Å². The van der Waals surface area contributed by atoms with Crippen molar-refractivity contribution in [3.8, 4) is 0 Å². The van der Waals surface area contributed by atoms with Crippen LogP contribution in [0.2, 0.25) is 0 Å². The Bertz CT molecular complexity index is 1490. The van der Waals surface area contributed by atoms with Gasteiger partial charge in [-0.05, 0) is 31.0 Å². The Morgan fingerprint density at radius 2 is 2.00 bits per heavy atom. The number of nitrogens with two attached hydrogens (primary N) is 1. The number of pyridine rings is 1. The van der Waals surface area contributed by atoms with Crippen molar-refractivity contribution in [3.63, 3.8) is 0 Å². The third-order valence-electron chi connectivity index (χ3n) is 5.49. The molecule has 0 aliphatic rings. The third-order valence-corrected chi connectivity index (χ3v) is 5.49. The SMILES string of the molecule is Cc1cn2c(n1)c(N)nc1cc(F)c(C(=O)N(Cc3cn4ccccc4n3)CC(C)C)cc12. The van der Waals surface area contributed by atoms with Crippen molar-refractivity contribution in [1.29, 1.82) is 0 Å². The average Bonchev–Trinajstić information content (AvgIpc) is 3.35. The summed E-state index contributed by atoms with van der Waals surface area (Å²) in [4.78, 5) is 28.5. The molecule has 0 saturated heterocycles. The molecule has 0 atom stereocenters. The molecule has 168 valence electrons. The predicted molar refractivity (Wildman–Crippen MR) is 124 cm³/mol. The van der Waals surface area contributed by atoms with Crippen molar-refractivity contribution in [3.05, 3.63) is 71.7 Å². The van der Waals surface area contributed by atoms with E-state index in [4.69, 9.17) is 5.73 Å². The fraction of sp³-hybridized carbons (Fsp3) is 0.250. The summed E-state index contributed by atoms with van der Waals surface area (Å²) in [5.41, 5.74) is 9.68. The largest absolute Gasteiger partial charge is 0.381 e. The number of carbonyl (C=O) groups is 1. The highest BCUT2D eigenvalue weighted by Gasteiger charge is 2.23. The van der Waals surface area contributed by atoms with Gasteiger partial charge in [0, 0.05) is 31.2 Å². The summed E-state index contributed by atoms with van der Waals surface area (Å²) in [5.74, 6) is -0.636. The lowest BCUT2D eigenvalue weighted by atomic mass is 10.1. The van der Waals surface area contributed by atoms with Gasteiger partial charge in [-0.15, -0.1) is 0 Å². The second kappa shape index (κ2) is 7.84. The van der Waals surface area contributed by atoms with E-state index in [0.29, 0.717) is 23.2 Å². The molecule has 9 heteroatoms. The molecule has 0 aliphatic heterocycles. The number of halogens is 1.